The summed E-state index contributed by atoms with van der Waals surface area (Å²) in [5, 5.41) is 0. The minimum atomic E-state index is 1.26. The third-order valence-electron chi connectivity index (χ3n) is 5.24. The highest BCUT2D eigenvalue weighted by Crippen LogP contribution is 2.36. The maximum atomic E-state index is 2.34. The van der Waals surface area contributed by atoms with E-state index in [1.54, 1.807) is 0 Å². The second-order valence-corrected chi connectivity index (χ2v) is 7.26. The SMILES string of the molecule is Cc1ccc(-c2ccc(C)c(-c3ccccc3C)c2)c(-c2ccccc2)c1. The molecule has 0 N–H and O–H groups in total. The van der Waals surface area contributed by atoms with Crippen LogP contribution >= 0.6 is 0 Å². The zero-order valence-corrected chi connectivity index (χ0v) is 16.2. The minimum absolute atomic E-state index is 1.26. The lowest BCUT2D eigenvalue weighted by Gasteiger charge is -2.15. The fraction of sp³-hybridized carbons (Fsp3) is 0.111. The van der Waals surface area contributed by atoms with E-state index in [1.807, 2.05) is 0 Å². The second kappa shape index (κ2) is 7.25. The van der Waals surface area contributed by atoms with Crippen LogP contribution in [0.4, 0.5) is 0 Å². The molecule has 27 heavy (non-hydrogen) atoms. The molecule has 0 aliphatic heterocycles. The van der Waals surface area contributed by atoms with Gasteiger partial charge in [-0.25, -0.2) is 0 Å². The fourth-order valence-corrected chi connectivity index (χ4v) is 3.72. The Labute approximate surface area is 162 Å². The number of hydrogen-bond donors (Lipinski definition) is 0. The Morgan fingerprint density at radius 3 is 1.89 bits per heavy atom. The first-order valence-electron chi connectivity index (χ1n) is 9.46. The van der Waals surface area contributed by atoms with Crippen molar-refractivity contribution in [2.45, 2.75) is 20.8 Å². The summed E-state index contributed by atoms with van der Waals surface area (Å²) in [7, 11) is 0. The van der Waals surface area contributed by atoms with E-state index in [0.717, 1.165) is 0 Å². The summed E-state index contributed by atoms with van der Waals surface area (Å²) in [5.41, 5.74) is 11.6. The van der Waals surface area contributed by atoms with Crippen LogP contribution in [0.25, 0.3) is 33.4 Å². The molecule has 0 amide bonds. The van der Waals surface area contributed by atoms with Gasteiger partial charge in [0.1, 0.15) is 0 Å². The first kappa shape index (κ1) is 17.3. The highest BCUT2D eigenvalue weighted by molar-refractivity contribution is 5.86. The Bertz CT molecular complexity index is 1090. The Morgan fingerprint density at radius 1 is 0.407 bits per heavy atom. The van der Waals surface area contributed by atoms with E-state index < -0.39 is 0 Å². The van der Waals surface area contributed by atoms with E-state index in [4.69, 9.17) is 0 Å². The van der Waals surface area contributed by atoms with Crippen molar-refractivity contribution in [2.24, 2.45) is 0 Å². The van der Waals surface area contributed by atoms with Crippen LogP contribution in [0.15, 0.2) is 91.0 Å². The van der Waals surface area contributed by atoms with E-state index >= 15 is 0 Å². The molecular formula is C27H24. The van der Waals surface area contributed by atoms with E-state index in [9.17, 15) is 0 Å². The van der Waals surface area contributed by atoms with Gasteiger partial charge in [0.15, 0.2) is 0 Å². The van der Waals surface area contributed by atoms with Gasteiger partial charge in [-0.15, -0.1) is 0 Å². The van der Waals surface area contributed by atoms with Gasteiger partial charge < -0.3 is 0 Å². The molecule has 0 spiro atoms. The molecule has 0 atom stereocenters. The Hall–Kier alpha value is -3.12. The molecule has 0 radical (unpaired) electrons. The van der Waals surface area contributed by atoms with Gasteiger partial charge >= 0.3 is 0 Å². The van der Waals surface area contributed by atoms with Crippen LogP contribution in [0.1, 0.15) is 16.7 Å². The fourth-order valence-electron chi connectivity index (χ4n) is 3.72. The largest absolute Gasteiger partial charge is 0.0622 e. The molecule has 0 bridgehead atoms. The number of hydrogen-bond acceptors (Lipinski definition) is 0. The predicted octanol–water partition coefficient (Wildman–Crippen LogP) is 7.61. The molecule has 0 saturated heterocycles. The maximum Gasteiger partial charge on any atom is -0.0103 e. The molecule has 0 aliphatic carbocycles. The summed E-state index contributed by atoms with van der Waals surface area (Å²) >= 11 is 0. The first-order chi connectivity index (χ1) is 13.1. The Morgan fingerprint density at radius 2 is 1.11 bits per heavy atom. The maximum absolute atomic E-state index is 2.34. The summed E-state index contributed by atoms with van der Waals surface area (Å²) in [6, 6.07) is 32.9. The summed E-state index contributed by atoms with van der Waals surface area (Å²) < 4.78 is 0. The van der Waals surface area contributed by atoms with Gasteiger partial charge in [0.25, 0.3) is 0 Å². The van der Waals surface area contributed by atoms with Gasteiger partial charge in [-0.1, -0.05) is 90.5 Å². The summed E-state index contributed by atoms with van der Waals surface area (Å²) in [5.74, 6) is 0. The molecular weight excluding hydrogens is 324 g/mol. The van der Waals surface area contributed by atoms with Crippen LogP contribution in [0.3, 0.4) is 0 Å². The van der Waals surface area contributed by atoms with Crippen molar-refractivity contribution in [3.8, 4) is 33.4 Å². The van der Waals surface area contributed by atoms with Crippen molar-refractivity contribution in [2.75, 3.05) is 0 Å². The monoisotopic (exact) mass is 348 g/mol. The van der Waals surface area contributed by atoms with Gasteiger partial charge in [0.2, 0.25) is 0 Å². The Balaban J connectivity index is 1.91. The Kier molecular flexibility index (Phi) is 4.64. The third kappa shape index (κ3) is 3.44. The summed E-state index contributed by atoms with van der Waals surface area (Å²) in [6.07, 6.45) is 0. The van der Waals surface area contributed by atoms with Crippen LogP contribution in [-0.4, -0.2) is 0 Å². The molecule has 0 heteroatoms. The zero-order chi connectivity index (χ0) is 18.8. The van der Waals surface area contributed by atoms with Crippen LogP contribution < -0.4 is 0 Å². The molecule has 4 aromatic carbocycles. The van der Waals surface area contributed by atoms with Crippen LogP contribution in [0.2, 0.25) is 0 Å². The van der Waals surface area contributed by atoms with E-state index in [1.165, 1.54) is 50.1 Å². The zero-order valence-electron chi connectivity index (χ0n) is 16.2. The van der Waals surface area contributed by atoms with E-state index in [2.05, 4.69) is 112 Å². The average Bonchev–Trinajstić information content (AvgIpc) is 2.70. The molecule has 4 aromatic rings. The van der Waals surface area contributed by atoms with Gasteiger partial charge in [-0.05, 0) is 71.3 Å². The summed E-state index contributed by atoms with van der Waals surface area (Å²) in [6.45, 7) is 6.53. The second-order valence-electron chi connectivity index (χ2n) is 7.26. The number of aryl methyl sites for hydroxylation is 3. The van der Waals surface area contributed by atoms with Crippen molar-refractivity contribution in [1.29, 1.82) is 0 Å². The molecule has 0 heterocycles. The molecule has 0 saturated carbocycles. The van der Waals surface area contributed by atoms with Gasteiger partial charge in [0.05, 0.1) is 0 Å². The highest BCUT2D eigenvalue weighted by Gasteiger charge is 2.11. The molecule has 0 nitrogen and oxygen atoms in total. The molecule has 0 fully saturated rings. The lowest BCUT2D eigenvalue weighted by atomic mass is 9.89. The summed E-state index contributed by atoms with van der Waals surface area (Å²) in [4.78, 5) is 0. The van der Waals surface area contributed by atoms with Crippen LogP contribution in [0, 0.1) is 20.8 Å². The van der Waals surface area contributed by atoms with Crippen LogP contribution in [0.5, 0.6) is 0 Å². The van der Waals surface area contributed by atoms with Gasteiger partial charge in [0, 0.05) is 0 Å². The third-order valence-corrected chi connectivity index (χ3v) is 5.24. The van der Waals surface area contributed by atoms with Gasteiger partial charge in [-0.2, -0.15) is 0 Å². The first-order valence-corrected chi connectivity index (χ1v) is 9.46. The standard InChI is InChI=1S/C27H24/c1-19-13-16-25(27(17-19)22-10-5-4-6-11-22)23-15-14-21(3)26(18-23)24-12-8-7-9-20(24)2/h4-18H,1-3H3. The van der Waals surface area contributed by atoms with E-state index in [-0.39, 0.29) is 0 Å². The van der Waals surface area contributed by atoms with Crippen molar-refractivity contribution in [3.63, 3.8) is 0 Å². The smallest absolute Gasteiger partial charge is 0.0103 e. The quantitative estimate of drug-likeness (QED) is 0.357. The number of benzene rings is 4. The molecule has 0 aliphatic rings. The number of rotatable bonds is 3. The van der Waals surface area contributed by atoms with Crippen molar-refractivity contribution < 1.29 is 0 Å². The van der Waals surface area contributed by atoms with Crippen LogP contribution in [-0.2, 0) is 0 Å². The minimum Gasteiger partial charge on any atom is -0.0622 e. The lowest BCUT2D eigenvalue weighted by Crippen LogP contribution is -1.91. The van der Waals surface area contributed by atoms with Crippen molar-refractivity contribution in [3.05, 3.63) is 108 Å². The normalized spacial score (nSPS) is 10.8. The predicted molar refractivity (Wildman–Crippen MR) is 117 cm³/mol. The molecule has 0 unspecified atom stereocenters. The van der Waals surface area contributed by atoms with Crippen molar-refractivity contribution in [1.82, 2.24) is 0 Å². The average molecular weight is 348 g/mol. The molecule has 132 valence electrons. The van der Waals surface area contributed by atoms with Gasteiger partial charge in [-0.3, -0.25) is 0 Å². The highest BCUT2D eigenvalue weighted by atomic mass is 14.2. The van der Waals surface area contributed by atoms with Crippen molar-refractivity contribution >= 4 is 0 Å². The topological polar surface area (TPSA) is 0 Å². The molecule has 4 rings (SSSR count). The van der Waals surface area contributed by atoms with E-state index in [0.29, 0.717) is 0 Å². The molecule has 0 aromatic heterocycles. The lowest BCUT2D eigenvalue weighted by molar-refractivity contribution is 1.40.